The number of carboxylic acid groups (broad SMARTS) is 1. The molecule has 0 amide bonds. The number of ether oxygens (including phenoxy) is 1. The molecule has 0 atom stereocenters. The lowest BCUT2D eigenvalue weighted by Gasteiger charge is -2.19. The van der Waals surface area contributed by atoms with Crippen molar-refractivity contribution in [1.29, 1.82) is 0 Å². The quantitative estimate of drug-likeness (QED) is 0.882. The topological polar surface area (TPSA) is 73.8 Å². The first-order valence-electron chi connectivity index (χ1n) is 6.71. The first-order valence-corrected chi connectivity index (χ1v) is 7.08. The molecular weight excluding hydrogens is 304 g/mol. The van der Waals surface area contributed by atoms with Crippen LogP contribution in [-0.2, 0) is 0 Å². The molecular formula is C16H12ClN2O3-. The molecule has 2 aromatic rings. The fraction of sp³-hybridized carbons (Fsp3) is 0.125. The summed E-state index contributed by atoms with van der Waals surface area (Å²) >= 11 is 6.05. The third-order valence-corrected chi connectivity index (χ3v) is 3.64. The summed E-state index contributed by atoms with van der Waals surface area (Å²) < 4.78 is 5.56. The molecule has 1 N–H and O–H groups in total. The molecule has 1 aliphatic rings. The minimum Gasteiger partial charge on any atom is -0.545 e. The predicted molar refractivity (Wildman–Crippen MR) is 82.5 cm³/mol. The number of fused-ring (bicyclic) bond motifs is 1. The molecule has 2 aromatic carbocycles. The van der Waals surface area contributed by atoms with Gasteiger partial charge in [0.15, 0.2) is 0 Å². The van der Waals surface area contributed by atoms with E-state index in [9.17, 15) is 9.90 Å². The highest BCUT2D eigenvalue weighted by Gasteiger charge is 2.16. The number of carbonyl (C=O) groups is 1. The standard InChI is InChI=1S/C16H13ClN2O3/c17-12-6-5-10(16(20)21)9-14(12)19-18-13-7-8-22-15-4-2-1-3-11(13)15/h1-6,9,19H,7-8H2,(H,20,21)/p-1. The second kappa shape index (κ2) is 6.07. The van der Waals surface area contributed by atoms with Crippen LogP contribution in [0.2, 0.25) is 5.02 Å². The van der Waals surface area contributed by atoms with Crippen LogP contribution < -0.4 is 15.3 Å². The van der Waals surface area contributed by atoms with Crippen LogP contribution in [0.1, 0.15) is 22.3 Å². The zero-order chi connectivity index (χ0) is 15.5. The van der Waals surface area contributed by atoms with Crippen molar-refractivity contribution in [3.05, 3.63) is 58.6 Å². The van der Waals surface area contributed by atoms with Gasteiger partial charge in [0.1, 0.15) is 5.75 Å². The van der Waals surface area contributed by atoms with Gasteiger partial charge in [0.25, 0.3) is 0 Å². The lowest BCUT2D eigenvalue weighted by molar-refractivity contribution is -0.255. The number of nitrogens with zero attached hydrogens (tertiary/aromatic N) is 1. The summed E-state index contributed by atoms with van der Waals surface area (Å²) in [6, 6.07) is 11.9. The molecule has 1 heterocycles. The second-order valence-electron chi connectivity index (χ2n) is 4.75. The summed E-state index contributed by atoms with van der Waals surface area (Å²) in [5, 5.41) is 15.6. The van der Waals surface area contributed by atoms with E-state index in [1.807, 2.05) is 24.3 Å². The van der Waals surface area contributed by atoms with E-state index < -0.39 is 5.97 Å². The average Bonchev–Trinajstić information content (AvgIpc) is 2.54. The van der Waals surface area contributed by atoms with Crippen molar-refractivity contribution in [3.63, 3.8) is 0 Å². The monoisotopic (exact) mass is 315 g/mol. The van der Waals surface area contributed by atoms with Crippen LogP contribution >= 0.6 is 11.6 Å². The van der Waals surface area contributed by atoms with Gasteiger partial charge in [-0.2, -0.15) is 5.10 Å². The Labute approximate surface area is 132 Å². The molecule has 0 saturated carbocycles. The number of halogens is 1. The van der Waals surface area contributed by atoms with E-state index in [0.717, 1.165) is 17.0 Å². The van der Waals surface area contributed by atoms with Crippen LogP contribution in [0.25, 0.3) is 0 Å². The fourth-order valence-corrected chi connectivity index (χ4v) is 2.36. The summed E-state index contributed by atoms with van der Waals surface area (Å²) in [4.78, 5) is 10.9. The van der Waals surface area contributed by atoms with Gasteiger partial charge in [0, 0.05) is 12.0 Å². The number of rotatable bonds is 3. The zero-order valence-electron chi connectivity index (χ0n) is 11.5. The molecule has 22 heavy (non-hydrogen) atoms. The predicted octanol–water partition coefficient (Wildman–Crippen LogP) is 2.30. The summed E-state index contributed by atoms with van der Waals surface area (Å²) in [6.07, 6.45) is 0.655. The minimum absolute atomic E-state index is 0.0412. The summed E-state index contributed by atoms with van der Waals surface area (Å²) in [5.74, 6) is -0.479. The highest BCUT2D eigenvalue weighted by Crippen LogP contribution is 2.26. The van der Waals surface area contributed by atoms with Crippen molar-refractivity contribution in [2.24, 2.45) is 5.10 Å². The molecule has 5 nitrogen and oxygen atoms in total. The van der Waals surface area contributed by atoms with Gasteiger partial charge in [-0.25, -0.2) is 0 Å². The molecule has 0 bridgehead atoms. The van der Waals surface area contributed by atoms with E-state index in [1.54, 1.807) is 0 Å². The van der Waals surface area contributed by atoms with Gasteiger partial charge < -0.3 is 14.6 Å². The van der Waals surface area contributed by atoms with Crippen molar-refractivity contribution >= 4 is 29.0 Å². The minimum atomic E-state index is -1.26. The molecule has 0 spiro atoms. The van der Waals surface area contributed by atoms with Crippen LogP contribution in [0.15, 0.2) is 47.6 Å². The van der Waals surface area contributed by atoms with Crippen molar-refractivity contribution < 1.29 is 14.6 Å². The van der Waals surface area contributed by atoms with Crippen LogP contribution in [0.5, 0.6) is 5.75 Å². The van der Waals surface area contributed by atoms with Crippen molar-refractivity contribution in [1.82, 2.24) is 0 Å². The van der Waals surface area contributed by atoms with E-state index in [0.29, 0.717) is 23.7 Å². The normalized spacial score (nSPS) is 15.0. The van der Waals surface area contributed by atoms with Gasteiger partial charge >= 0.3 is 0 Å². The van der Waals surface area contributed by atoms with Crippen LogP contribution in [0.4, 0.5) is 5.69 Å². The number of hydrogen-bond acceptors (Lipinski definition) is 5. The van der Waals surface area contributed by atoms with Crippen LogP contribution in [0.3, 0.4) is 0 Å². The number of benzene rings is 2. The van der Waals surface area contributed by atoms with E-state index in [4.69, 9.17) is 16.3 Å². The lowest BCUT2D eigenvalue weighted by Crippen LogP contribution is -2.22. The molecule has 0 saturated heterocycles. The first-order chi connectivity index (χ1) is 10.6. The maximum absolute atomic E-state index is 10.9. The molecule has 0 unspecified atom stereocenters. The summed E-state index contributed by atoms with van der Waals surface area (Å²) in [5.41, 5.74) is 5.03. The van der Waals surface area contributed by atoms with Crippen molar-refractivity contribution in [2.75, 3.05) is 12.0 Å². The smallest absolute Gasteiger partial charge is 0.128 e. The van der Waals surface area contributed by atoms with Crippen molar-refractivity contribution in [3.8, 4) is 5.75 Å². The molecule has 112 valence electrons. The van der Waals surface area contributed by atoms with E-state index >= 15 is 0 Å². The van der Waals surface area contributed by atoms with E-state index in [2.05, 4.69) is 10.5 Å². The second-order valence-corrected chi connectivity index (χ2v) is 5.15. The maximum Gasteiger partial charge on any atom is 0.128 e. The lowest BCUT2D eigenvalue weighted by atomic mass is 10.0. The van der Waals surface area contributed by atoms with Gasteiger partial charge in [0.2, 0.25) is 0 Å². The highest BCUT2D eigenvalue weighted by atomic mass is 35.5. The Morgan fingerprint density at radius 1 is 1.27 bits per heavy atom. The SMILES string of the molecule is O=C([O-])c1ccc(Cl)c(NN=C2CCOc3ccccc32)c1. The number of carbonyl (C=O) groups excluding carboxylic acids is 1. The Morgan fingerprint density at radius 2 is 2.09 bits per heavy atom. The molecule has 1 aliphatic heterocycles. The van der Waals surface area contributed by atoms with E-state index in [1.165, 1.54) is 18.2 Å². The van der Waals surface area contributed by atoms with Crippen molar-refractivity contribution in [2.45, 2.75) is 6.42 Å². The average molecular weight is 316 g/mol. The first kappa shape index (κ1) is 14.4. The summed E-state index contributed by atoms with van der Waals surface area (Å²) in [7, 11) is 0. The third kappa shape index (κ3) is 2.89. The highest BCUT2D eigenvalue weighted by molar-refractivity contribution is 6.33. The van der Waals surface area contributed by atoms with E-state index in [-0.39, 0.29) is 5.56 Å². The number of anilines is 1. The summed E-state index contributed by atoms with van der Waals surface area (Å²) in [6.45, 7) is 0.546. The number of aromatic carboxylic acids is 1. The van der Waals surface area contributed by atoms with Gasteiger partial charge in [-0.3, -0.25) is 5.43 Å². The Morgan fingerprint density at radius 3 is 2.91 bits per heavy atom. The number of hydrogen-bond donors (Lipinski definition) is 1. The maximum atomic E-state index is 10.9. The Bertz CT molecular complexity index is 759. The van der Waals surface area contributed by atoms with Gasteiger partial charge in [-0.05, 0) is 29.8 Å². The Hall–Kier alpha value is -2.53. The van der Waals surface area contributed by atoms with Gasteiger partial charge in [-0.15, -0.1) is 0 Å². The number of hydrazone groups is 1. The van der Waals surface area contributed by atoms with Crippen LogP contribution in [-0.4, -0.2) is 18.3 Å². The van der Waals surface area contributed by atoms with Crippen LogP contribution in [0, 0.1) is 0 Å². The molecule has 0 radical (unpaired) electrons. The molecule has 6 heteroatoms. The Kier molecular flexibility index (Phi) is 3.98. The number of para-hydroxylation sites is 1. The third-order valence-electron chi connectivity index (χ3n) is 3.31. The number of carboxylic acids is 1. The van der Waals surface area contributed by atoms with Gasteiger partial charge in [0.05, 0.1) is 29.0 Å². The molecule has 0 aromatic heterocycles. The zero-order valence-corrected chi connectivity index (χ0v) is 12.3. The van der Waals surface area contributed by atoms with Gasteiger partial charge in [-0.1, -0.05) is 29.8 Å². The molecule has 3 rings (SSSR count). The molecule has 0 aliphatic carbocycles. The Balaban J connectivity index is 1.89. The molecule has 0 fully saturated rings. The fourth-order valence-electron chi connectivity index (χ4n) is 2.21. The number of nitrogens with one attached hydrogen (secondary N) is 1. The largest absolute Gasteiger partial charge is 0.545 e.